The lowest BCUT2D eigenvalue weighted by atomic mass is 9.30. The van der Waals surface area contributed by atoms with Crippen LogP contribution in [0.2, 0.25) is 0 Å². The van der Waals surface area contributed by atoms with Crippen LogP contribution in [-0.4, -0.2) is 36.8 Å². The SMILES string of the molecule is CCCCCCCCCC[N+]1(CC)CCCC1.N#C[B-](C#N)(C#N)C#N. The average Bonchev–Trinajstić information content (AvgIpc) is 3.16. The highest BCUT2D eigenvalue weighted by atomic mass is 15.4. The smallest absolute Gasteiger partial charge is 0.324 e. The van der Waals surface area contributed by atoms with Crippen molar-refractivity contribution in [2.45, 2.75) is 78.1 Å². The topological polar surface area (TPSA) is 95.2 Å². The summed E-state index contributed by atoms with van der Waals surface area (Å²) in [7, 11) is 0. The molecule has 0 unspecified atom stereocenters. The summed E-state index contributed by atoms with van der Waals surface area (Å²) in [4.78, 5) is 0. The van der Waals surface area contributed by atoms with E-state index in [1.807, 2.05) is 0 Å². The van der Waals surface area contributed by atoms with Crippen LogP contribution >= 0.6 is 0 Å². The molecule has 0 aromatic rings. The Morgan fingerprint density at radius 1 is 0.692 bits per heavy atom. The minimum absolute atomic E-state index is 1.34. The van der Waals surface area contributed by atoms with Crippen molar-refractivity contribution in [1.29, 1.82) is 21.0 Å². The van der Waals surface area contributed by atoms with Gasteiger partial charge in [0.15, 0.2) is 0 Å². The predicted molar refractivity (Wildman–Crippen MR) is 105 cm³/mol. The summed E-state index contributed by atoms with van der Waals surface area (Å²) in [5, 5.41) is 32.3. The fourth-order valence-corrected chi connectivity index (χ4v) is 3.46. The highest BCUT2D eigenvalue weighted by molar-refractivity contribution is 7.05. The molecule has 1 fully saturated rings. The molecule has 1 heterocycles. The van der Waals surface area contributed by atoms with Gasteiger partial charge in [-0.25, -0.2) is 21.0 Å². The summed E-state index contributed by atoms with van der Waals surface area (Å²) in [5.74, 6) is 5.38. The van der Waals surface area contributed by atoms with Crippen molar-refractivity contribution in [3.05, 3.63) is 0 Å². The third kappa shape index (κ3) is 8.90. The maximum Gasteiger partial charge on any atom is 0.383 e. The quantitative estimate of drug-likeness (QED) is 0.329. The van der Waals surface area contributed by atoms with E-state index in [4.69, 9.17) is 21.0 Å². The van der Waals surface area contributed by atoms with Gasteiger partial charge in [-0.2, -0.15) is 0 Å². The Morgan fingerprint density at radius 3 is 1.46 bits per heavy atom. The van der Waals surface area contributed by atoms with Crippen LogP contribution in [0.3, 0.4) is 0 Å². The largest absolute Gasteiger partial charge is 0.383 e. The number of rotatable bonds is 10. The summed E-state index contributed by atoms with van der Waals surface area (Å²) < 4.78 is 1.44. The van der Waals surface area contributed by atoms with E-state index < -0.39 is 6.15 Å². The standard InChI is InChI=1S/C16H34N.C4BN4/c1-3-5-6-7-8-9-10-11-14-17(4-2)15-12-13-16-17;6-1-5(2-7,3-8)4-9/h3-16H2,1-2H3;/q+1;-1. The van der Waals surface area contributed by atoms with Crippen LogP contribution in [0, 0.1) is 44.9 Å². The molecule has 6 heteroatoms. The van der Waals surface area contributed by atoms with Gasteiger partial charge in [0.2, 0.25) is 0 Å². The van der Waals surface area contributed by atoms with E-state index >= 15 is 0 Å². The summed E-state index contributed by atoms with van der Waals surface area (Å²) >= 11 is 0. The number of nitriles is 4. The van der Waals surface area contributed by atoms with Gasteiger partial charge in [0, 0.05) is 12.8 Å². The van der Waals surface area contributed by atoms with Crippen molar-refractivity contribution in [2.75, 3.05) is 26.2 Å². The van der Waals surface area contributed by atoms with Gasteiger partial charge in [-0.15, -0.1) is 23.9 Å². The van der Waals surface area contributed by atoms with Crippen LogP contribution < -0.4 is 0 Å². The van der Waals surface area contributed by atoms with Crippen molar-refractivity contribution in [2.24, 2.45) is 0 Å². The fraction of sp³-hybridized carbons (Fsp3) is 0.800. The molecular weight excluding hydrogens is 321 g/mol. The Morgan fingerprint density at radius 2 is 1.12 bits per heavy atom. The first-order valence-electron chi connectivity index (χ1n) is 10.2. The van der Waals surface area contributed by atoms with Crippen LogP contribution in [0.4, 0.5) is 0 Å². The minimum Gasteiger partial charge on any atom is -0.324 e. The third-order valence-corrected chi connectivity index (χ3v) is 5.45. The van der Waals surface area contributed by atoms with Gasteiger partial charge in [0.05, 0.1) is 26.2 Å². The molecule has 0 spiro atoms. The molecule has 0 aliphatic carbocycles. The minimum atomic E-state index is -2.72. The van der Waals surface area contributed by atoms with Gasteiger partial charge in [0.25, 0.3) is 0 Å². The Hall–Kier alpha value is -2.02. The van der Waals surface area contributed by atoms with E-state index in [0.29, 0.717) is 0 Å². The lowest BCUT2D eigenvalue weighted by molar-refractivity contribution is -0.915. The van der Waals surface area contributed by atoms with Gasteiger partial charge < -0.3 is 4.48 Å². The molecule has 0 aromatic carbocycles. The Kier molecular flexibility index (Phi) is 13.1. The van der Waals surface area contributed by atoms with Crippen LogP contribution in [0.25, 0.3) is 0 Å². The van der Waals surface area contributed by atoms with E-state index in [9.17, 15) is 0 Å². The van der Waals surface area contributed by atoms with E-state index in [1.54, 1.807) is 0 Å². The zero-order chi connectivity index (χ0) is 19.7. The van der Waals surface area contributed by atoms with Gasteiger partial charge in [-0.3, -0.25) is 0 Å². The number of unbranched alkanes of at least 4 members (excludes halogenated alkanes) is 7. The average molecular weight is 355 g/mol. The Balaban J connectivity index is 0.000000590. The highest BCUT2D eigenvalue weighted by Crippen LogP contribution is 2.20. The van der Waals surface area contributed by atoms with Crippen LogP contribution in [-0.2, 0) is 0 Å². The molecular formula is C20H34BN5. The van der Waals surface area contributed by atoms with Crippen LogP contribution in [0.15, 0.2) is 0 Å². The number of hydrogen-bond acceptors (Lipinski definition) is 4. The first kappa shape index (κ1) is 24.0. The second kappa shape index (κ2) is 14.2. The molecule has 26 heavy (non-hydrogen) atoms. The fourth-order valence-electron chi connectivity index (χ4n) is 3.46. The molecule has 0 radical (unpaired) electrons. The summed E-state index contributed by atoms with van der Waals surface area (Å²) in [6.45, 7) is 10.4. The van der Waals surface area contributed by atoms with Crippen molar-refractivity contribution in [3.63, 3.8) is 0 Å². The number of likely N-dealkylation sites (tertiary alicyclic amines) is 1. The number of hydrogen-bond donors (Lipinski definition) is 0. The molecule has 0 bridgehead atoms. The number of nitrogens with zero attached hydrogens (tertiary/aromatic N) is 5. The van der Waals surface area contributed by atoms with Crippen LogP contribution in [0.1, 0.15) is 78.1 Å². The summed E-state index contributed by atoms with van der Waals surface area (Å²) in [5.41, 5.74) is 0. The first-order valence-corrected chi connectivity index (χ1v) is 10.2. The maximum absolute atomic E-state index is 8.09. The van der Waals surface area contributed by atoms with Crippen molar-refractivity contribution in [3.8, 4) is 23.9 Å². The second-order valence-corrected chi connectivity index (χ2v) is 7.39. The molecule has 0 amide bonds. The zero-order valence-electron chi connectivity index (χ0n) is 16.7. The van der Waals surface area contributed by atoms with Gasteiger partial charge in [-0.1, -0.05) is 45.4 Å². The molecule has 0 saturated carbocycles. The maximum atomic E-state index is 8.09. The number of quaternary nitrogens is 1. The molecule has 142 valence electrons. The molecule has 1 saturated heterocycles. The normalized spacial score (nSPS) is 14.8. The van der Waals surface area contributed by atoms with Crippen LogP contribution in [0.5, 0.6) is 0 Å². The summed E-state index contributed by atoms with van der Waals surface area (Å²) in [6, 6.07) is 0. The van der Waals surface area contributed by atoms with E-state index in [2.05, 4.69) is 13.8 Å². The van der Waals surface area contributed by atoms with Crippen molar-refractivity contribution < 1.29 is 4.48 Å². The molecule has 1 aliphatic heterocycles. The zero-order valence-corrected chi connectivity index (χ0v) is 16.7. The molecule has 5 nitrogen and oxygen atoms in total. The predicted octanol–water partition coefficient (Wildman–Crippen LogP) is 4.44. The van der Waals surface area contributed by atoms with Crippen molar-refractivity contribution in [1.82, 2.24) is 0 Å². The Bertz CT molecular complexity index is 479. The summed E-state index contributed by atoms with van der Waals surface area (Å²) in [6.07, 6.45) is 11.9. The first-order chi connectivity index (χ1) is 12.6. The van der Waals surface area contributed by atoms with Gasteiger partial charge in [-0.05, 0) is 19.8 Å². The molecule has 0 aromatic heterocycles. The Labute approximate surface area is 160 Å². The van der Waals surface area contributed by atoms with Gasteiger partial charge >= 0.3 is 6.15 Å². The van der Waals surface area contributed by atoms with E-state index in [1.165, 1.54) is 119 Å². The second-order valence-electron chi connectivity index (χ2n) is 7.39. The molecule has 0 N–H and O–H groups in total. The van der Waals surface area contributed by atoms with Crippen molar-refractivity contribution >= 4 is 6.15 Å². The molecule has 1 rings (SSSR count). The highest BCUT2D eigenvalue weighted by Gasteiger charge is 2.28. The lowest BCUT2D eigenvalue weighted by Crippen LogP contribution is -2.45. The third-order valence-electron chi connectivity index (χ3n) is 5.45. The lowest BCUT2D eigenvalue weighted by Gasteiger charge is -2.33. The molecule has 1 aliphatic rings. The van der Waals surface area contributed by atoms with Gasteiger partial charge in [0.1, 0.15) is 0 Å². The molecule has 0 atom stereocenters. The van der Waals surface area contributed by atoms with E-state index in [-0.39, 0.29) is 0 Å². The van der Waals surface area contributed by atoms with E-state index in [0.717, 1.165) is 0 Å². The monoisotopic (exact) mass is 355 g/mol.